The van der Waals surface area contributed by atoms with Crippen molar-refractivity contribution in [2.45, 2.75) is 38.0 Å². The Bertz CT molecular complexity index is 1220. The summed E-state index contributed by atoms with van der Waals surface area (Å²) >= 11 is 9.42. The minimum atomic E-state index is -0.414. The van der Waals surface area contributed by atoms with Crippen LogP contribution in [0.1, 0.15) is 29.6 Å². The lowest BCUT2D eigenvalue weighted by atomic mass is 9.96. The third-order valence-corrected chi connectivity index (χ3v) is 6.65. The Balaban J connectivity index is 1.45. The summed E-state index contributed by atoms with van der Waals surface area (Å²) < 4.78 is 7.62. The van der Waals surface area contributed by atoms with Crippen LogP contribution in [0.4, 0.5) is 0 Å². The molecule has 0 amide bonds. The van der Waals surface area contributed by atoms with Gasteiger partial charge < -0.3 is 10.1 Å². The van der Waals surface area contributed by atoms with Crippen LogP contribution in [0.2, 0.25) is 5.02 Å². The van der Waals surface area contributed by atoms with Crippen LogP contribution in [0.25, 0.3) is 10.9 Å². The first-order valence-corrected chi connectivity index (χ1v) is 11.4. The Morgan fingerprint density at radius 3 is 2.81 bits per heavy atom. The molecule has 0 unspecified atom stereocenters. The number of hydrogen-bond acceptors (Lipinski definition) is 6. The van der Waals surface area contributed by atoms with Crippen LogP contribution in [-0.4, -0.2) is 40.0 Å². The number of Topliss-reactive ketones (excluding diaryl/α,β-unsaturated/α-hetero) is 1. The van der Waals surface area contributed by atoms with Gasteiger partial charge in [-0.3, -0.25) is 14.2 Å². The Hall–Kier alpha value is -2.55. The molecule has 1 aliphatic heterocycles. The number of benzene rings is 2. The molecular formula is C23H21BrClN3O4. The van der Waals surface area contributed by atoms with Crippen LogP contribution in [0.15, 0.2) is 58.1 Å². The summed E-state index contributed by atoms with van der Waals surface area (Å²) in [5, 5.41) is 4.02. The highest BCUT2D eigenvalue weighted by molar-refractivity contribution is 9.10. The Morgan fingerprint density at radius 2 is 2.03 bits per heavy atom. The van der Waals surface area contributed by atoms with Crippen LogP contribution in [0.3, 0.4) is 0 Å². The lowest BCUT2D eigenvalue weighted by Gasteiger charge is -2.32. The molecule has 0 bridgehead atoms. The zero-order valence-electron chi connectivity index (χ0n) is 17.1. The van der Waals surface area contributed by atoms with E-state index in [0.717, 1.165) is 13.0 Å². The van der Waals surface area contributed by atoms with Gasteiger partial charge >= 0.3 is 5.97 Å². The largest absolute Gasteiger partial charge is 0.457 e. The van der Waals surface area contributed by atoms with E-state index in [4.69, 9.17) is 16.3 Å². The number of hydrogen-bond donors (Lipinski definition) is 1. The summed E-state index contributed by atoms with van der Waals surface area (Å²) in [6.45, 7) is 0.620. The molecule has 7 nitrogen and oxygen atoms in total. The summed E-state index contributed by atoms with van der Waals surface area (Å²) in [4.78, 5) is 42.3. The molecule has 1 aromatic heterocycles. The van der Waals surface area contributed by atoms with E-state index in [9.17, 15) is 14.4 Å². The number of nitrogens with zero attached hydrogens (tertiary/aromatic N) is 2. The first-order valence-electron chi connectivity index (χ1n) is 10.3. The normalized spacial score (nSPS) is 18.4. The number of aromatic nitrogens is 2. The summed E-state index contributed by atoms with van der Waals surface area (Å²) in [5.41, 5.74) is 0.639. The minimum absolute atomic E-state index is 0.118. The SMILES string of the molecule is O=C(C[C@@H]1NCCC[C@H]1OC(=O)c1ccccc1)Cn1cnc2cc(Br)c(Cl)cc2c1=O. The van der Waals surface area contributed by atoms with Crippen LogP contribution in [0.5, 0.6) is 0 Å². The van der Waals surface area contributed by atoms with Crippen molar-refractivity contribution in [3.8, 4) is 0 Å². The van der Waals surface area contributed by atoms with Gasteiger partial charge in [-0.15, -0.1) is 0 Å². The van der Waals surface area contributed by atoms with E-state index in [1.807, 2.05) is 6.07 Å². The van der Waals surface area contributed by atoms with E-state index < -0.39 is 12.1 Å². The first kappa shape index (κ1) is 22.6. The number of carbonyl (C=O) groups excluding carboxylic acids is 2. The summed E-state index contributed by atoms with van der Waals surface area (Å²) in [6.07, 6.45) is 2.61. The van der Waals surface area contributed by atoms with Crippen LogP contribution in [-0.2, 0) is 16.1 Å². The van der Waals surface area contributed by atoms with E-state index >= 15 is 0 Å². The Morgan fingerprint density at radius 1 is 1.25 bits per heavy atom. The molecule has 1 saturated heterocycles. The van der Waals surface area contributed by atoms with Gasteiger partial charge in [0.05, 0.1) is 40.4 Å². The summed E-state index contributed by atoms with van der Waals surface area (Å²) in [6, 6.07) is 11.7. The van der Waals surface area contributed by atoms with Gasteiger partial charge in [0.25, 0.3) is 5.56 Å². The molecule has 1 N–H and O–H groups in total. The van der Waals surface area contributed by atoms with Crippen molar-refractivity contribution in [2.75, 3.05) is 6.54 Å². The van der Waals surface area contributed by atoms with E-state index in [2.05, 4.69) is 26.2 Å². The number of fused-ring (bicyclic) bond motifs is 1. The fourth-order valence-corrected chi connectivity index (χ4v) is 4.31. The topological polar surface area (TPSA) is 90.3 Å². The second-order valence-electron chi connectivity index (χ2n) is 7.72. The van der Waals surface area contributed by atoms with Crippen molar-refractivity contribution < 1.29 is 14.3 Å². The van der Waals surface area contributed by atoms with Crippen molar-refractivity contribution in [1.82, 2.24) is 14.9 Å². The van der Waals surface area contributed by atoms with Crippen LogP contribution >= 0.6 is 27.5 Å². The number of piperidine rings is 1. The summed E-state index contributed by atoms with van der Waals surface area (Å²) in [7, 11) is 0. The molecule has 2 atom stereocenters. The molecule has 9 heteroatoms. The van der Waals surface area contributed by atoms with Gasteiger partial charge in [0.1, 0.15) is 6.10 Å². The van der Waals surface area contributed by atoms with Gasteiger partial charge in [0, 0.05) is 10.9 Å². The number of carbonyl (C=O) groups is 2. The fourth-order valence-electron chi connectivity index (χ4n) is 3.81. The van der Waals surface area contributed by atoms with Crippen molar-refractivity contribution in [3.05, 3.63) is 74.2 Å². The molecule has 3 aromatic rings. The zero-order valence-corrected chi connectivity index (χ0v) is 19.4. The average Bonchev–Trinajstić information content (AvgIpc) is 2.79. The predicted octanol–water partition coefficient (Wildman–Crippen LogP) is 3.75. The third kappa shape index (κ3) is 5.09. The number of esters is 1. The van der Waals surface area contributed by atoms with Gasteiger partial charge in [-0.2, -0.15) is 0 Å². The van der Waals surface area contributed by atoms with Crippen LogP contribution in [0, 0.1) is 0 Å². The monoisotopic (exact) mass is 517 g/mol. The Kier molecular flexibility index (Phi) is 7.03. The molecule has 0 aliphatic carbocycles. The maximum Gasteiger partial charge on any atom is 0.338 e. The molecule has 1 fully saturated rings. The van der Waals surface area contributed by atoms with Gasteiger partial charge in [-0.1, -0.05) is 29.8 Å². The molecule has 2 heterocycles. The number of ether oxygens (including phenoxy) is 1. The number of nitrogens with one attached hydrogen (secondary N) is 1. The summed E-state index contributed by atoms with van der Waals surface area (Å²) in [5.74, 6) is -0.564. The van der Waals surface area contributed by atoms with E-state index in [1.165, 1.54) is 10.9 Å². The molecule has 0 saturated carbocycles. The lowest BCUT2D eigenvalue weighted by molar-refractivity contribution is -0.121. The fraction of sp³-hybridized carbons (Fsp3) is 0.304. The van der Waals surface area contributed by atoms with Gasteiger partial charge in [0.2, 0.25) is 0 Å². The van der Waals surface area contributed by atoms with E-state index in [1.54, 1.807) is 36.4 Å². The molecule has 0 spiro atoms. The van der Waals surface area contributed by atoms with E-state index in [-0.39, 0.29) is 30.3 Å². The minimum Gasteiger partial charge on any atom is -0.457 e. The lowest BCUT2D eigenvalue weighted by Crippen LogP contribution is -2.48. The maximum atomic E-state index is 12.8. The standard InChI is InChI=1S/C23H21BrClN3O4/c24-17-11-19-16(10-18(17)25)22(30)28(13-27-19)12-15(29)9-20-21(7-4-8-26-20)32-23(31)14-5-2-1-3-6-14/h1-3,5-6,10-11,13,20-21,26H,4,7-9,12H2/t20-,21+/m0/s1. The van der Waals surface area contributed by atoms with Crippen LogP contribution < -0.4 is 10.9 Å². The average molecular weight is 519 g/mol. The van der Waals surface area contributed by atoms with Gasteiger partial charge in [-0.05, 0) is 59.6 Å². The third-order valence-electron chi connectivity index (χ3n) is 5.45. The quantitative estimate of drug-likeness (QED) is 0.500. The zero-order chi connectivity index (χ0) is 22.7. The highest BCUT2D eigenvalue weighted by atomic mass is 79.9. The molecule has 4 rings (SSSR count). The van der Waals surface area contributed by atoms with Crippen molar-refractivity contribution in [1.29, 1.82) is 0 Å². The maximum absolute atomic E-state index is 12.8. The molecule has 1 aliphatic rings. The molecule has 32 heavy (non-hydrogen) atoms. The molecule has 166 valence electrons. The van der Waals surface area contributed by atoms with Crippen molar-refractivity contribution in [2.24, 2.45) is 0 Å². The second-order valence-corrected chi connectivity index (χ2v) is 8.98. The highest BCUT2D eigenvalue weighted by Crippen LogP contribution is 2.25. The van der Waals surface area contributed by atoms with Gasteiger partial charge in [-0.25, -0.2) is 9.78 Å². The highest BCUT2D eigenvalue weighted by Gasteiger charge is 2.30. The molecular weight excluding hydrogens is 498 g/mol. The predicted molar refractivity (Wildman–Crippen MR) is 125 cm³/mol. The molecule has 2 aromatic carbocycles. The smallest absolute Gasteiger partial charge is 0.338 e. The molecule has 0 radical (unpaired) electrons. The van der Waals surface area contributed by atoms with E-state index in [0.29, 0.717) is 32.4 Å². The van der Waals surface area contributed by atoms with Crippen molar-refractivity contribution >= 4 is 50.2 Å². The number of halogens is 2. The number of rotatable bonds is 6. The number of ketones is 1. The Labute approximate surface area is 197 Å². The van der Waals surface area contributed by atoms with Gasteiger partial charge in [0.15, 0.2) is 5.78 Å². The van der Waals surface area contributed by atoms with Crippen molar-refractivity contribution in [3.63, 3.8) is 0 Å². The first-order chi connectivity index (χ1) is 15.4. The second kappa shape index (κ2) is 9.94.